The first-order valence-corrected chi connectivity index (χ1v) is 7.50. The second-order valence-corrected chi connectivity index (χ2v) is 6.75. The summed E-state index contributed by atoms with van der Waals surface area (Å²) in [6.07, 6.45) is 4.06. The maximum absolute atomic E-state index is 11.6. The molecule has 0 spiro atoms. The predicted octanol–water partition coefficient (Wildman–Crippen LogP) is -1.09. The molecule has 0 radical (unpaired) electrons. The molecule has 1 rings (SSSR count). The fraction of sp³-hybridized carbons (Fsp3) is 0.600. The minimum Gasteiger partial charge on any atom is -0.396 e. The van der Waals surface area contributed by atoms with Crippen molar-refractivity contribution < 1.29 is 13.2 Å². The zero-order chi connectivity index (χ0) is 14.7. The van der Waals surface area contributed by atoms with Crippen molar-refractivity contribution in [2.75, 3.05) is 18.5 Å². The van der Waals surface area contributed by atoms with Crippen molar-refractivity contribution in [2.24, 2.45) is 0 Å². The van der Waals surface area contributed by atoms with Crippen LogP contribution in [-0.2, 0) is 21.4 Å². The van der Waals surface area contributed by atoms with E-state index < -0.39 is 15.6 Å². The average molecular weight is 289 g/mol. The number of anilines is 1. The summed E-state index contributed by atoms with van der Waals surface area (Å²) in [5, 5.41) is 6.51. The molecule has 0 saturated heterocycles. The van der Waals surface area contributed by atoms with Crippen molar-refractivity contribution >= 4 is 21.6 Å². The van der Waals surface area contributed by atoms with Crippen molar-refractivity contribution in [3.63, 3.8) is 0 Å². The predicted molar refractivity (Wildman–Crippen MR) is 71.7 cm³/mol. The molecule has 0 saturated carbocycles. The van der Waals surface area contributed by atoms with Crippen molar-refractivity contribution in [2.45, 2.75) is 25.9 Å². The van der Waals surface area contributed by atoms with Crippen LogP contribution in [0.1, 0.15) is 13.8 Å². The number of rotatable bonds is 6. The van der Waals surface area contributed by atoms with Crippen molar-refractivity contribution in [3.05, 3.63) is 12.4 Å². The van der Waals surface area contributed by atoms with Gasteiger partial charge >= 0.3 is 0 Å². The van der Waals surface area contributed by atoms with Gasteiger partial charge in [0.25, 0.3) is 0 Å². The summed E-state index contributed by atoms with van der Waals surface area (Å²) in [7, 11) is -3.32. The van der Waals surface area contributed by atoms with E-state index in [0.717, 1.165) is 6.26 Å². The lowest BCUT2D eigenvalue weighted by atomic mass is 10.1. The van der Waals surface area contributed by atoms with Crippen molar-refractivity contribution in [3.8, 4) is 0 Å². The second kappa shape index (κ2) is 5.57. The number of nitrogens with two attached hydrogens (primary N) is 1. The number of aromatic nitrogens is 2. The molecular weight excluding hydrogens is 270 g/mol. The molecule has 108 valence electrons. The van der Waals surface area contributed by atoms with Crippen molar-refractivity contribution in [1.82, 2.24) is 19.8 Å². The largest absolute Gasteiger partial charge is 0.396 e. The Labute approximate surface area is 112 Å². The van der Waals surface area contributed by atoms with Gasteiger partial charge in [-0.1, -0.05) is 0 Å². The zero-order valence-electron chi connectivity index (χ0n) is 11.2. The highest BCUT2D eigenvalue weighted by molar-refractivity contribution is 7.88. The molecule has 19 heavy (non-hydrogen) atoms. The van der Waals surface area contributed by atoms with Crippen LogP contribution in [0, 0.1) is 0 Å². The molecule has 1 aromatic heterocycles. The first kappa shape index (κ1) is 15.4. The third kappa shape index (κ3) is 6.20. The third-order valence-electron chi connectivity index (χ3n) is 2.15. The molecule has 0 aliphatic rings. The van der Waals surface area contributed by atoms with E-state index >= 15 is 0 Å². The third-order valence-corrected chi connectivity index (χ3v) is 3.07. The Hall–Kier alpha value is -1.61. The smallest absolute Gasteiger partial charge is 0.241 e. The van der Waals surface area contributed by atoms with Gasteiger partial charge in [0.05, 0.1) is 18.1 Å². The lowest BCUT2D eigenvalue weighted by molar-refractivity contribution is -0.122. The fourth-order valence-electron chi connectivity index (χ4n) is 1.53. The summed E-state index contributed by atoms with van der Waals surface area (Å²) < 4.78 is 26.1. The number of carbonyl (C=O) groups excluding carboxylic acids is 1. The Bertz CT molecular complexity index is 549. The summed E-state index contributed by atoms with van der Waals surface area (Å²) in [5.74, 6) is -0.272. The number of carbonyl (C=O) groups is 1. The lowest BCUT2D eigenvalue weighted by Crippen LogP contribution is -2.51. The van der Waals surface area contributed by atoms with Gasteiger partial charge in [0.15, 0.2) is 0 Å². The highest BCUT2D eigenvalue weighted by Crippen LogP contribution is 2.02. The SMILES string of the molecule is CC(C)(CNC(=O)Cn1cc(N)cn1)NS(C)(=O)=O. The first-order chi connectivity index (χ1) is 8.57. The molecular formula is C10H19N5O3S. The Morgan fingerprint density at radius 2 is 2.16 bits per heavy atom. The molecule has 9 heteroatoms. The van der Waals surface area contributed by atoms with Gasteiger partial charge in [-0.25, -0.2) is 13.1 Å². The number of sulfonamides is 1. The van der Waals surface area contributed by atoms with Gasteiger partial charge in [-0.15, -0.1) is 0 Å². The summed E-state index contributed by atoms with van der Waals surface area (Å²) >= 11 is 0. The highest BCUT2D eigenvalue weighted by atomic mass is 32.2. The van der Waals surface area contributed by atoms with E-state index in [2.05, 4.69) is 15.1 Å². The minimum absolute atomic E-state index is 0.0339. The van der Waals surface area contributed by atoms with Gasteiger partial charge in [-0.05, 0) is 13.8 Å². The van der Waals surface area contributed by atoms with Crippen LogP contribution < -0.4 is 15.8 Å². The quantitative estimate of drug-likeness (QED) is 0.615. The molecule has 0 aromatic carbocycles. The van der Waals surface area contributed by atoms with E-state index in [1.165, 1.54) is 10.9 Å². The van der Waals surface area contributed by atoms with Crippen LogP contribution in [0.5, 0.6) is 0 Å². The Morgan fingerprint density at radius 3 is 2.63 bits per heavy atom. The van der Waals surface area contributed by atoms with E-state index in [1.807, 2.05) is 0 Å². The van der Waals surface area contributed by atoms with Crippen LogP contribution >= 0.6 is 0 Å². The highest BCUT2D eigenvalue weighted by Gasteiger charge is 2.22. The van der Waals surface area contributed by atoms with E-state index in [4.69, 9.17) is 5.73 Å². The zero-order valence-corrected chi connectivity index (χ0v) is 12.0. The Balaban J connectivity index is 2.45. The Kier molecular flexibility index (Phi) is 4.53. The molecule has 8 nitrogen and oxygen atoms in total. The van der Waals surface area contributed by atoms with Crippen molar-refractivity contribution in [1.29, 1.82) is 0 Å². The summed E-state index contributed by atoms with van der Waals surface area (Å²) in [6, 6.07) is 0. The molecule has 1 aromatic rings. The number of nitrogens with zero attached hydrogens (tertiary/aromatic N) is 2. The lowest BCUT2D eigenvalue weighted by Gasteiger charge is -2.25. The van der Waals surface area contributed by atoms with Gasteiger partial charge in [-0.3, -0.25) is 9.48 Å². The number of hydrogen-bond acceptors (Lipinski definition) is 5. The van der Waals surface area contributed by atoms with E-state index in [9.17, 15) is 13.2 Å². The standard InChI is InChI=1S/C10H19N5O3S/c1-10(2,14-19(3,17)18)7-12-9(16)6-15-5-8(11)4-13-15/h4-5,14H,6-7,11H2,1-3H3,(H,12,16). The Morgan fingerprint density at radius 1 is 1.53 bits per heavy atom. The van der Waals surface area contributed by atoms with E-state index in [1.54, 1.807) is 20.0 Å². The second-order valence-electron chi connectivity index (χ2n) is 5.01. The monoisotopic (exact) mass is 289 g/mol. The molecule has 1 heterocycles. The van der Waals surface area contributed by atoms with E-state index in [-0.39, 0.29) is 19.0 Å². The normalized spacial score (nSPS) is 12.4. The molecule has 0 unspecified atom stereocenters. The molecule has 4 N–H and O–H groups in total. The van der Waals surface area contributed by atoms with Crippen LogP contribution in [0.4, 0.5) is 5.69 Å². The summed E-state index contributed by atoms with van der Waals surface area (Å²) in [6.45, 7) is 3.57. The molecule has 0 aliphatic heterocycles. The number of amides is 1. The van der Waals surface area contributed by atoms with E-state index in [0.29, 0.717) is 5.69 Å². The topological polar surface area (TPSA) is 119 Å². The molecule has 0 fully saturated rings. The fourth-order valence-corrected chi connectivity index (χ4v) is 2.60. The van der Waals surface area contributed by atoms with Crippen LogP contribution in [-0.4, -0.2) is 42.4 Å². The van der Waals surface area contributed by atoms with Gasteiger partial charge < -0.3 is 11.1 Å². The molecule has 0 atom stereocenters. The number of hydrogen-bond donors (Lipinski definition) is 3. The van der Waals surface area contributed by atoms with Crippen LogP contribution in [0.25, 0.3) is 0 Å². The number of nitrogens with one attached hydrogen (secondary N) is 2. The average Bonchev–Trinajstić information content (AvgIpc) is 2.57. The van der Waals surface area contributed by atoms with Gasteiger partial charge in [0.1, 0.15) is 6.54 Å². The maximum atomic E-state index is 11.6. The molecule has 0 aliphatic carbocycles. The summed E-state index contributed by atoms with van der Waals surface area (Å²) in [4.78, 5) is 11.6. The van der Waals surface area contributed by atoms with Crippen LogP contribution in [0.15, 0.2) is 12.4 Å². The minimum atomic E-state index is -3.32. The van der Waals surface area contributed by atoms with Crippen LogP contribution in [0.3, 0.4) is 0 Å². The van der Waals surface area contributed by atoms with Crippen LogP contribution in [0.2, 0.25) is 0 Å². The first-order valence-electron chi connectivity index (χ1n) is 5.61. The van der Waals surface area contributed by atoms with Gasteiger partial charge in [0.2, 0.25) is 15.9 Å². The van der Waals surface area contributed by atoms with Gasteiger partial charge in [0, 0.05) is 18.3 Å². The van der Waals surface area contributed by atoms with Gasteiger partial charge in [-0.2, -0.15) is 5.10 Å². The maximum Gasteiger partial charge on any atom is 0.241 e. The summed E-state index contributed by atoms with van der Waals surface area (Å²) in [5.41, 5.74) is 5.20. The molecule has 1 amide bonds. The molecule has 0 bridgehead atoms. The number of nitrogen functional groups attached to an aromatic ring is 1.